The van der Waals surface area contributed by atoms with Gasteiger partial charge in [-0.2, -0.15) is 0 Å². The Morgan fingerprint density at radius 1 is 0.900 bits per heavy atom. The van der Waals surface area contributed by atoms with Gasteiger partial charge in [-0.25, -0.2) is 8.42 Å². The van der Waals surface area contributed by atoms with E-state index in [1.54, 1.807) is 18.2 Å². The molecule has 0 bridgehead atoms. The molecular formula is C30H35Cl2N3O4S. The zero-order valence-electron chi connectivity index (χ0n) is 23.1. The number of carbonyl (C=O) groups excluding carboxylic acids is 2. The molecule has 0 aromatic heterocycles. The molecule has 0 saturated carbocycles. The minimum atomic E-state index is -4.20. The van der Waals surface area contributed by atoms with Crippen molar-refractivity contribution in [1.29, 1.82) is 0 Å². The molecule has 2 atom stereocenters. The number of anilines is 1. The van der Waals surface area contributed by atoms with E-state index in [4.69, 9.17) is 23.2 Å². The van der Waals surface area contributed by atoms with Crippen molar-refractivity contribution in [3.63, 3.8) is 0 Å². The Morgan fingerprint density at radius 3 is 2.17 bits per heavy atom. The standard InChI is InChI=1S/C30H35Cl2N3O4S/c1-5-22(4)33-30(37)28(6-2)34(19-23-10-7-9-21(3)17-23)29(36)20-35(26-12-8-11-25(32)18-26)40(38,39)27-15-13-24(31)14-16-27/h7-18,22,28H,5-6,19-20H2,1-4H3,(H,33,37). The molecule has 2 amide bonds. The molecule has 3 aromatic rings. The predicted molar refractivity (Wildman–Crippen MR) is 161 cm³/mol. The second-order valence-corrected chi connectivity index (χ2v) is 12.4. The fourth-order valence-corrected chi connectivity index (χ4v) is 5.98. The average molecular weight is 605 g/mol. The fourth-order valence-electron chi connectivity index (χ4n) is 4.26. The van der Waals surface area contributed by atoms with Gasteiger partial charge in [0.05, 0.1) is 10.6 Å². The van der Waals surface area contributed by atoms with E-state index >= 15 is 0 Å². The molecule has 2 unspecified atom stereocenters. The molecule has 0 heterocycles. The van der Waals surface area contributed by atoms with E-state index in [2.05, 4.69) is 5.32 Å². The monoisotopic (exact) mass is 603 g/mol. The molecule has 0 spiro atoms. The molecule has 0 radical (unpaired) electrons. The lowest BCUT2D eigenvalue weighted by atomic mass is 10.1. The summed E-state index contributed by atoms with van der Waals surface area (Å²) in [6.45, 7) is 7.24. The Bertz CT molecular complexity index is 1430. The fraction of sp³-hybridized carbons (Fsp3) is 0.333. The van der Waals surface area contributed by atoms with E-state index in [9.17, 15) is 18.0 Å². The smallest absolute Gasteiger partial charge is 0.264 e. The molecule has 0 aliphatic heterocycles. The largest absolute Gasteiger partial charge is 0.352 e. The maximum absolute atomic E-state index is 14.1. The summed E-state index contributed by atoms with van der Waals surface area (Å²) in [5.41, 5.74) is 2.06. The van der Waals surface area contributed by atoms with Gasteiger partial charge in [-0.1, -0.05) is 72.9 Å². The summed E-state index contributed by atoms with van der Waals surface area (Å²) in [6, 6.07) is 18.8. The normalized spacial score (nSPS) is 12.8. The Morgan fingerprint density at radius 2 is 1.57 bits per heavy atom. The van der Waals surface area contributed by atoms with Crippen molar-refractivity contribution in [2.45, 2.75) is 64.1 Å². The number of sulfonamides is 1. The number of benzene rings is 3. The number of aryl methyl sites for hydroxylation is 1. The van der Waals surface area contributed by atoms with Crippen molar-refractivity contribution in [3.05, 3.63) is 94.0 Å². The topological polar surface area (TPSA) is 86.8 Å². The van der Waals surface area contributed by atoms with Gasteiger partial charge in [0.25, 0.3) is 10.0 Å². The van der Waals surface area contributed by atoms with Crippen LogP contribution >= 0.6 is 23.2 Å². The van der Waals surface area contributed by atoms with Crippen LogP contribution in [0.3, 0.4) is 0 Å². The molecular weight excluding hydrogens is 569 g/mol. The van der Waals surface area contributed by atoms with Crippen LogP contribution in [0.4, 0.5) is 5.69 Å². The molecule has 0 aliphatic rings. The van der Waals surface area contributed by atoms with Crippen LogP contribution in [0.5, 0.6) is 0 Å². The van der Waals surface area contributed by atoms with Crippen molar-refractivity contribution in [2.75, 3.05) is 10.8 Å². The van der Waals surface area contributed by atoms with Crippen LogP contribution in [0.2, 0.25) is 10.0 Å². The lowest BCUT2D eigenvalue weighted by molar-refractivity contribution is -0.140. The third-order valence-corrected chi connectivity index (χ3v) is 8.87. The highest BCUT2D eigenvalue weighted by Crippen LogP contribution is 2.27. The molecule has 7 nitrogen and oxygen atoms in total. The maximum atomic E-state index is 14.1. The van der Waals surface area contributed by atoms with Crippen LogP contribution in [0, 0.1) is 6.92 Å². The Kier molecular flexibility index (Phi) is 11.0. The van der Waals surface area contributed by atoms with Crippen LogP contribution in [0.25, 0.3) is 0 Å². The average Bonchev–Trinajstić information content (AvgIpc) is 2.91. The lowest BCUT2D eigenvalue weighted by Crippen LogP contribution is -2.53. The van der Waals surface area contributed by atoms with Crippen molar-refractivity contribution in [2.24, 2.45) is 0 Å². The van der Waals surface area contributed by atoms with Gasteiger partial charge in [-0.05, 0) is 74.7 Å². The summed E-state index contributed by atoms with van der Waals surface area (Å²) in [6.07, 6.45) is 1.08. The van der Waals surface area contributed by atoms with Gasteiger partial charge in [0, 0.05) is 22.6 Å². The Hall–Kier alpha value is -3.07. The van der Waals surface area contributed by atoms with Gasteiger partial charge in [0.2, 0.25) is 11.8 Å². The number of amides is 2. The zero-order valence-corrected chi connectivity index (χ0v) is 25.4. The highest BCUT2D eigenvalue weighted by Gasteiger charge is 2.34. The van der Waals surface area contributed by atoms with Gasteiger partial charge in [-0.15, -0.1) is 0 Å². The number of halogens is 2. The van der Waals surface area contributed by atoms with Crippen molar-refractivity contribution < 1.29 is 18.0 Å². The lowest BCUT2D eigenvalue weighted by Gasteiger charge is -2.33. The van der Waals surface area contributed by atoms with E-state index in [0.29, 0.717) is 16.5 Å². The van der Waals surface area contributed by atoms with Crippen LogP contribution in [0.15, 0.2) is 77.7 Å². The third kappa shape index (κ3) is 7.99. The van der Waals surface area contributed by atoms with Crippen molar-refractivity contribution >= 4 is 50.7 Å². The van der Waals surface area contributed by atoms with Gasteiger partial charge in [-0.3, -0.25) is 13.9 Å². The third-order valence-electron chi connectivity index (χ3n) is 6.60. The highest BCUT2D eigenvalue weighted by molar-refractivity contribution is 7.92. The molecule has 3 aromatic carbocycles. The van der Waals surface area contributed by atoms with Gasteiger partial charge in [0.15, 0.2) is 0 Å². The number of rotatable bonds is 12. The number of carbonyl (C=O) groups is 2. The molecule has 40 heavy (non-hydrogen) atoms. The summed E-state index contributed by atoms with van der Waals surface area (Å²) in [5, 5.41) is 3.67. The first-order valence-corrected chi connectivity index (χ1v) is 15.3. The zero-order chi connectivity index (χ0) is 29.4. The van der Waals surface area contributed by atoms with Gasteiger partial charge < -0.3 is 10.2 Å². The number of nitrogens with one attached hydrogen (secondary N) is 1. The van der Waals surface area contributed by atoms with Gasteiger partial charge >= 0.3 is 0 Å². The number of hydrogen-bond acceptors (Lipinski definition) is 4. The molecule has 0 aliphatic carbocycles. The Balaban J connectivity index is 2.06. The summed E-state index contributed by atoms with van der Waals surface area (Å²) in [7, 11) is -4.20. The number of hydrogen-bond donors (Lipinski definition) is 1. The Labute approximate surface area is 247 Å². The molecule has 1 N–H and O–H groups in total. The summed E-state index contributed by atoms with van der Waals surface area (Å²) in [4.78, 5) is 28.8. The summed E-state index contributed by atoms with van der Waals surface area (Å²) in [5.74, 6) is -0.808. The minimum absolute atomic E-state index is 0.0311. The number of nitrogens with zero attached hydrogens (tertiary/aromatic N) is 2. The highest BCUT2D eigenvalue weighted by atomic mass is 35.5. The van der Waals surface area contributed by atoms with Crippen LogP contribution in [0.1, 0.15) is 44.7 Å². The first kappa shape index (κ1) is 31.5. The minimum Gasteiger partial charge on any atom is -0.352 e. The second-order valence-electron chi connectivity index (χ2n) is 9.70. The summed E-state index contributed by atoms with van der Waals surface area (Å²) >= 11 is 12.2. The molecule has 10 heteroatoms. The SMILES string of the molecule is CCC(C)NC(=O)C(CC)N(Cc1cccc(C)c1)C(=O)CN(c1cccc(Cl)c1)S(=O)(=O)c1ccc(Cl)cc1. The molecule has 0 fully saturated rings. The van der Waals surface area contributed by atoms with Crippen molar-refractivity contribution in [3.8, 4) is 0 Å². The van der Waals surface area contributed by atoms with E-state index in [0.717, 1.165) is 21.9 Å². The molecule has 0 saturated heterocycles. The van der Waals surface area contributed by atoms with Crippen LogP contribution in [-0.4, -0.2) is 43.8 Å². The van der Waals surface area contributed by atoms with E-state index < -0.39 is 28.5 Å². The van der Waals surface area contributed by atoms with Crippen LogP contribution in [-0.2, 0) is 26.2 Å². The van der Waals surface area contributed by atoms with E-state index in [1.165, 1.54) is 35.2 Å². The maximum Gasteiger partial charge on any atom is 0.264 e. The van der Waals surface area contributed by atoms with E-state index in [-0.39, 0.29) is 29.1 Å². The van der Waals surface area contributed by atoms with Gasteiger partial charge in [0.1, 0.15) is 12.6 Å². The molecule has 3 rings (SSSR count). The second kappa shape index (κ2) is 14.0. The van der Waals surface area contributed by atoms with Crippen LogP contribution < -0.4 is 9.62 Å². The predicted octanol–water partition coefficient (Wildman–Crippen LogP) is 6.22. The first-order valence-electron chi connectivity index (χ1n) is 13.2. The molecule has 214 valence electrons. The first-order chi connectivity index (χ1) is 19.0. The quantitative estimate of drug-likeness (QED) is 0.266. The van der Waals surface area contributed by atoms with Crippen molar-refractivity contribution in [1.82, 2.24) is 10.2 Å². The summed E-state index contributed by atoms with van der Waals surface area (Å²) < 4.78 is 28.7. The van der Waals surface area contributed by atoms with E-state index in [1.807, 2.05) is 52.0 Å².